The summed E-state index contributed by atoms with van der Waals surface area (Å²) in [6.45, 7) is 3.01. The van der Waals surface area contributed by atoms with E-state index in [0.29, 0.717) is 5.92 Å². The predicted molar refractivity (Wildman–Crippen MR) is 61.2 cm³/mol. The van der Waals surface area contributed by atoms with Crippen LogP contribution in [0.2, 0.25) is 0 Å². The average Bonchev–Trinajstić information content (AvgIpc) is 2.83. The molecule has 0 unspecified atom stereocenters. The second-order valence-corrected chi connectivity index (χ2v) is 4.54. The number of aromatic amines is 1. The van der Waals surface area contributed by atoms with Crippen LogP contribution in [0.1, 0.15) is 57.1 Å². The summed E-state index contributed by atoms with van der Waals surface area (Å²) >= 11 is 0. The number of aromatic nitrogens is 2. The normalized spacial score (nSPS) is 17.4. The van der Waals surface area contributed by atoms with Gasteiger partial charge in [0.15, 0.2) is 0 Å². The van der Waals surface area contributed by atoms with Crippen LogP contribution in [-0.2, 0) is 6.54 Å². The molecule has 1 saturated carbocycles. The number of imidazole rings is 1. The second-order valence-electron chi connectivity index (χ2n) is 4.54. The van der Waals surface area contributed by atoms with Gasteiger partial charge in [-0.25, -0.2) is 4.79 Å². The summed E-state index contributed by atoms with van der Waals surface area (Å²) in [5, 5.41) is 0. The fourth-order valence-electron chi connectivity index (χ4n) is 2.39. The Hall–Kier alpha value is -0.990. The number of nitrogens with one attached hydrogen (secondary N) is 1. The third-order valence-electron chi connectivity index (χ3n) is 3.35. The largest absolute Gasteiger partial charge is 0.325 e. The Labute approximate surface area is 90.5 Å². The van der Waals surface area contributed by atoms with E-state index in [1.54, 1.807) is 0 Å². The first kappa shape index (κ1) is 10.5. The molecule has 1 heterocycles. The number of unbranched alkanes of at least 4 members (excludes halogenated alkanes) is 1. The number of aryl methyl sites for hydroxylation is 1. The molecule has 0 saturated heterocycles. The van der Waals surface area contributed by atoms with Crippen molar-refractivity contribution in [2.45, 2.75) is 57.9 Å². The molecule has 0 aliphatic heterocycles. The fourth-order valence-corrected chi connectivity index (χ4v) is 2.39. The van der Waals surface area contributed by atoms with E-state index in [1.807, 2.05) is 10.8 Å². The monoisotopic (exact) mass is 208 g/mol. The standard InChI is InChI=1S/C12H20N2O/c1-2-3-8-14-9-11(13-12(14)15)10-6-4-5-7-10/h9-10H,2-8H2,1H3,(H,13,15). The minimum absolute atomic E-state index is 0.0744. The number of rotatable bonds is 4. The summed E-state index contributed by atoms with van der Waals surface area (Å²) in [7, 11) is 0. The van der Waals surface area contributed by atoms with Gasteiger partial charge in [0, 0.05) is 24.4 Å². The lowest BCUT2D eigenvalue weighted by molar-refractivity contribution is 0.614. The zero-order valence-corrected chi connectivity index (χ0v) is 9.46. The first-order valence-electron chi connectivity index (χ1n) is 6.10. The molecule has 1 aromatic rings. The van der Waals surface area contributed by atoms with Gasteiger partial charge in [-0.1, -0.05) is 26.2 Å². The predicted octanol–water partition coefficient (Wildman–Crippen LogP) is 2.63. The van der Waals surface area contributed by atoms with Crippen molar-refractivity contribution in [1.82, 2.24) is 9.55 Å². The summed E-state index contributed by atoms with van der Waals surface area (Å²) in [6.07, 6.45) is 9.37. The topological polar surface area (TPSA) is 37.8 Å². The molecular formula is C12H20N2O. The summed E-state index contributed by atoms with van der Waals surface area (Å²) < 4.78 is 1.83. The van der Waals surface area contributed by atoms with E-state index < -0.39 is 0 Å². The molecule has 3 nitrogen and oxygen atoms in total. The molecule has 0 atom stereocenters. The maximum absolute atomic E-state index is 11.6. The minimum atomic E-state index is 0.0744. The smallest absolute Gasteiger partial charge is 0.310 e. The lowest BCUT2D eigenvalue weighted by atomic mass is 10.1. The molecule has 0 radical (unpaired) electrons. The van der Waals surface area contributed by atoms with Crippen molar-refractivity contribution in [2.75, 3.05) is 0 Å². The van der Waals surface area contributed by atoms with Crippen molar-refractivity contribution in [2.24, 2.45) is 0 Å². The Morgan fingerprint density at radius 3 is 2.87 bits per heavy atom. The summed E-state index contributed by atoms with van der Waals surface area (Å²) in [6, 6.07) is 0. The molecule has 0 spiro atoms. The number of nitrogens with zero attached hydrogens (tertiary/aromatic N) is 1. The maximum atomic E-state index is 11.6. The second kappa shape index (κ2) is 4.69. The van der Waals surface area contributed by atoms with E-state index in [4.69, 9.17) is 0 Å². The highest BCUT2D eigenvalue weighted by atomic mass is 16.1. The van der Waals surface area contributed by atoms with Gasteiger partial charge < -0.3 is 4.98 Å². The number of hydrogen-bond acceptors (Lipinski definition) is 1. The lowest BCUT2D eigenvalue weighted by Crippen LogP contribution is -2.15. The number of hydrogen-bond donors (Lipinski definition) is 1. The molecule has 1 aliphatic carbocycles. The summed E-state index contributed by atoms with van der Waals surface area (Å²) in [4.78, 5) is 14.6. The van der Waals surface area contributed by atoms with Crippen LogP contribution in [0, 0.1) is 0 Å². The Bertz CT molecular complexity index is 358. The molecule has 0 bridgehead atoms. The van der Waals surface area contributed by atoms with Crippen molar-refractivity contribution in [3.8, 4) is 0 Å². The summed E-state index contributed by atoms with van der Waals surface area (Å²) in [5.41, 5.74) is 1.24. The molecule has 84 valence electrons. The highest BCUT2D eigenvalue weighted by Crippen LogP contribution is 2.32. The molecule has 0 aromatic carbocycles. The SMILES string of the molecule is CCCCn1cc(C2CCCC2)[nH]c1=O. The third-order valence-corrected chi connectivity index (χ3v) is 3.35. The average molecular weight is 208 g/mol. The van der Waals surface area contributed by atoms with Gasteiger partial charge >= 0.3 is 5.69 Å². The lowest BCUT2D eigenvalue weighted by Gasteiger charge is -2.04. The van der Waals surface area contributed by atoms with Crippen molar-refractivity contribution in [3.63, 3.8) is 0 Å². The van der Waals surface area contributed by atoms with Crippen LogP contribution in [0.25, 0.3) is 0 Å². The molecule has 3 heteroatoms. The Balaban J connectivity index is 2.09. The summed E-state index contributed by atoms with van der Waals surface area (Å²) in [5.74, 6) is 0.612. The van der Waals surface area contributed by atoms with Crippen LogP contribution in [0.15, 0.2) is 11.0 Å². The van der Waals surface area contributed by atoms with Crippen LogP contribution in [0.3, 0.4) is 0 Å². The van der Waals surface area contributed by atoms with E-state index in [0.717, 1.165) is 25.1 Å². The molecule has 2 rings (SSSR count). The van der Waals surface area contributed by atoms with Gasteiger partial charge in [0.2, 0.25) is 0 Å². The highest BCUT2D eigenvalue weighted by molar-refractivity contribution is 5.06. The minimum Gasteiger partial charge on any atom is -0.310 e. The van der Waals surface area contributed by atoms with E-state index in [-0.39, 0.29) is 5.69 Å². The molecule has 1 aromatic heterocycles. The maximum Gasteiger partial charge on any atom is 0.325 e. The number of H-pyrrole nitrogens is 1. The van der Waals surface area contributed by atoms with Gasteiger partial charge in [-0.3, -0.25) is 4.57 Å². The first-order chi connectivity index (χ1) is 7.31. The van der Waals surface area contributed by atoms with E-state index in [2.05, 4.69) is 11.9 Å². The van der Waals surface area contributed by atoms with Crippen LogP contribution in [0.4, 0.5) is 0 Å². The zero-order chi connectivity index (χ0) is 10.7. The van der Waals surface area contributed by atoms with Gasteiger partial charge in [0.25, 0.3) is 0 Å². The fraction of sp³-hybridized carbons (Fsp3) is 0.750. The molecule has 15 heavy (non-hydrogen) atoms. The van der Waals surface area contributed by atoms with Gasteiger partial charge in [-0.15, -0.1) is 0 Å². The Kier molecular flexibility index (Phi) is 3.29. The third kappa shape index (κ3) is 2.33. The van der Waals surface area contributed by atoms with Gasteiger partial charge in [0.1, 0.15) is 0 Å². The zero-order valence-electron chi connectivity index (χ0n) is 9.46. The quantitative estimate of drug-likeness (QED) is 0.811. The van der Waals surface area contributed by atoms with Crippen molar-refractivity contribution >= 4 is 0 Å². The van der Waals surface area contributed by atoms with Crippen LogP contribution in [0.5, 0.6) is 0 Å². The van der Waals surface area contributed by atoms with Gasteiger partial charge in [-0.05, 0) is 19.3 Å². The molecule has 1 aliphatic rings. The van der Waals surface area contributed by atoms with Crippen molar-refractivity contribution in [1.29, 1.82) is 0 Å². The van der Waals surface area contributed by atoms with Gasteiger partial charge in [0.05, 0.1) is 0 Å². The molecule has 0 amide bonds. The molecule has 1 N–H and O–H groups in total. The highest BCUT2D eigenvalue weighted by Gasteiger charge is 2.19. The van der Waals surface area contributed by atoms with Gasteiger partial charge in [-0.2, -0.15) is 0 Å². The first-order valence-corrected chi connectivity index (χ1v) is 6.10. The van der Waals surface area contributed by atoms with Crippen LogP contribution >= 0.6 is 0 Å². The Morgan fingerprint density at radius 1 is 1.47 bits per heavy atom. The van der Waals surface area contributed by atoms with Crippen LogP contribution < -0.4 is 5.69 Å². The van der Waals surface area contributed by atoms with Crippen molar-refractivity contribution < 1.29 is 0 Å². The van der Waals surface area contributed by atoms with Crippen LogP contribution in [-0.4, -0.2) is 9.55 Å². The van der Waals surface area contributed by atoms with E-state index in [9.17, 15) is 4.79 Å². The van der Waals surface area contributed by atoms with E-state index >= 15 is 0 Å². The van der Waals surface area contributed by atoms with Crippen molar-refractivity contribution in [3.05, 3.63) is 22.4 Å². The molecular weight excluding hydrogens is 188 g/mol. The van der Waals surface area contributed by atoms with E-state index in [1.165, 1.54) is 25.7 Å². The molecule has 1 fully saturated rings. The Morgan fingerprint density at radius 2 is 2.20 bits per heavy atom.